The molecule has 0 bridgehead atoms. The number of hydrogen-bond acceptors (Lipinski definition) is 5. The van der Waals surface area contributed by atoms with Gasteiger partial charge < -0.3 is 5.32 Å². The highest BCUT2D eigenvalue weighted by atomic mass is 35.5. The molecule has 0 unspecified atom stereocenters. The van der Waals surface area contributed by atoms with Gasteiger partial charge in [-0.3, -0.25) is 4.79 Å². The summed E-state index contributed by atoms with van der Waals surface area (Å²) >= 11 is 7.57. The van der Waals surface area contributed by atoms with Crippen molar-refractivity contribution < 1.29 is 0 Å². The Bertz CT molecular complexity index is 579. The molecule has 0 spiro atoms. The van der Waals surface area contributed by atoms with Crippen LogP contribution in [0, 0.1) is 0 Å². The summed E-state index contributed by atoms with van der Waals surface area (Å²) in [6.45, 7) is 4.30. The number of aromatic nitrogens is 3. The van der Waals surface area contributed by atoms with E-state index in [0.717, 1.165) is 5.01 Å². The van der Waals surface area contributed by atoms with Gasteiger partial charge in [0, 0.05) is 11.6 Å². The van der Waals surface area contributed by atoms with Gasteiger partial charge in [-0.15, -0.1) is 11.3 Å². The zero-order valence-electron chi connectivity index (χ0n) is 10.1. The first-order valence-electron chi connectivity index (χ1n) is 5.49. The molecule has 0 radical (unpaired) electrons. The molecule has 2 aromatic heterocycles. The first kappa shape index (κ1) is 13.0. The van der Waals surface area contributed by atoms with E-state index in [4.69, 9.17) is 11.6 Å². The molecule has 0 saturated heterocycles. The van der Waals surface area contributed by atoms with Gasteiger partial charge in [0.05, 0.1) is 24.5 Å². The molecular formula is C11H13ClN4OS. The number of halogens is 1. The van der Waals surface area contributed by atoms with Crippen LogP contribution in [0.2, 0.25) is 5.02 Å². The van der Waals surface area contributed by atoms with Crippen LogP contribution in [0.1, 0.15) is 24.9 Å². The van der Waals surface area contributed by atoms with E-state index in [2.05, 4.69) is 15.4 Å². The number of thiazole rings is 1. The van der Waals surface area contributed by atoms with Crippen LogP contribution in [0.25, 0.3) is 0 Å². The first-order chi connectivity index (χ1) is 8.59. The molecule has 0 atom stereocenters. The summed E-state index contributed by atoms with van der Waals surface area (Å²) < 4.78 is 1.36. The van der Waals surface area contributed by atoms with E-state index in [1.165, 1.54) is 16.0 Å². The lowest BCUT2D eigenvalue weighted by molar-refractivity contribution is 0.503. The van der Waals surface area contributed by atoms with E-state index in [-0.39, 0.29) is 16.6 Å². The normalized spacial score (nSPS) is 10.9. The largest absolute Gasteiger partial charge is 0.376 e. The second-order valence-corrected chi connectivity index (χ2v) is 5.35. The highest BCUT2D eigenvalue weighted by molar-refractivity contribution is 7.09. The molecule has 2 heterocycles. The van der Waals surface area contributed by atoms with Crippen LogP contribution >= 0.6 is 22.9 Å². The Balaban J connectivity index is 2.20. The molecule has 0 fully saturated rings. The van der Waals surface area contributed by atoms with Crippen LogP contribution in [0.15, 0.2) is 22.6 Å². The van der Waals surface area contributed by atoms with Gasteiger partial charge in [0.2, 0.25) is 0 Å². The minimum atomic E-state index is -0.282. The third-order valence-corrected chi connectivity index (χ3v) is 3.49. The average Bonchev–Trinajstić information content (AvgIpc) is 2.83. The van der Waals surface area contributed by atoms with Crippen molar-refractivity contribution >= 4 is 28.6 Å². The van der Waals surface area contributed by atoms with Gasteiger partial charge in [-0.1, -0.05) is 11.6 Å². The minimum absolute atomic E-state index is 0.0111. The van der Waals surface area contributed by atoms with Gasteiger partial charge in [-0.05, 0) is 13.8 Å². The van der Waals surface area contributed by atoms with Crippen molar-refractivity contribution in [1.29, 1.82) is 0 Å². The lowest BCUT2D eigenvalue weighted by Gasteiger charge is -2.11. The molecule has 0 amide bonds. The topological polar surface area (TPSA) is 59.8 Å². The van der Waals surface area contributed by atoms with Crippen LogP contribution in [0.4, 0.5) is 5.69 Å². The molecule has 0 aliphatic carbocycles. The van der Waals surface area contributed by atoms with Crippen LogP contribution in [-0.4, -0.2) is 14.8 Å². The lowest BCUT2D eigenvalue weighted by Crippen LogP contribution is -2.25. The Morgan fingerprint density at radius 1 is 1.56 bits per heavy atom. The summed E-state index contributed by atoms with van der Waals surface area (Å²) in [5.74, 6) is 0. The van der Waals surface area contributed by atoms with E-state index < -0.39 is 0 Å². The number of anilines is 1. The van der Waals surface area contributed by atoms with E-state index in [9.17, 15) is 4.79 Å². The van der Waals surface area contributed by atoms with Gasteiger partial charge >= 0.3 is 0 Å². The summed E-state index contributed by atoms with van der Waals surface area (Å²) in [4.78, 5) is 16.0. The Labute approximate surface area is 113 Å². The SMILES string of the molecule is CC(C)n1ncc(NCc2nccs2)c(Cl)c1=O. The molecule has 2 rings (SSSR count). The molecule has 0 aromatic carbocycles. The average molecular weight is 285 g/mol. The lowest BCUT2D eigenvalue weighted by atomic mass is 10.4. The summed E-state index contributed by atoms with van der Waals surface area (Å²) in [6.07, 6.45) is 3.30. The van der Waals surface area contributed by atoms with Crippen molar-refractivity contribution in [3.8, 4) is 0 Å². The maximum atomic E-state index is 11.9. The Kier molecular flexibility index (Phi) is 3.98. The Morgan fingerprint density at radius 2 is 2.33 bits per heavy atom. The Hall–Kier alpha value is -1.40. The predicted molar refractivity (Wildman–Crippen MR) is 73.3 cm³/mol. The molecule has 2 aromatic rings. The van der Waals surface area contributed by atoms with Crippen LogP contribution in [-0.2, 0) is 6.54 Å². The van der Waals surface area contributed by atoms with Crippen molar-refractivity contribution in [2.24, 2.45) is 0 Å². The fourth-order valence-corrected chi connectivity index (χ4v) is 2.21. The van der Waals surface area contributed by atoms with Gasteiger partial charge in [0.15, 0.2) is 0 Å². The molecule has 7 heteroatoms. The second kappa shape index (κ2) is 5.49. The molecule has 5 nitrogen and oxygen atoms in total. The molecule has 0 aliphatic rings. The first-order valence-corrected chi connectivity index (χ1v) is 6.75. The van der Waals surface area contributed by atoms with E-state index in [0.29, 0.717) is 12.2 Å². The smallest absolute Gasteiger partial charge is 0.287 e. The molecule has 18 heavy (non-hydrogen) atoms. The highest BCUT2D eigenvalue weighted by Gasteiger charge is 2.11. The van der Waals surface area contributed by atoms with E-state index in [1.807, 2.05) is 19.2 Å². The Morgan fingerprint density at radius 3 is 2.94 bits per heavy atom. The fraction of sp³-hybridized carbons (Fsp3) is 0.364. The van der Waals surface area contributed by atoms with Crippen molar-refractivity contribution in [3.05, 3.63) is 38.2 Å². The highest BCUT2D eigenvalue weighted by Crippen LogP contribution is 2.17. The van der Waals surface area contributed by atoms with Crippen molar-refractivity contribution in [3.63, 3.8) is 0 Å². The van der Waals surface area contributed by atoms with Gasteiger partial charge in [0.25, 0.3) is 5.56 Å². The third kappa shape index (κ3) is 2.70. The zero-order valence-corrected chi connectivity index (χ0v) is 11.6. The molecule has 0 aliphatic heterocycles. The van der Waals surface area contributed by atoms with Crippen LogP contribution in [0.5, 0.6) is 0 Å². The van der Waals surface area contributed by atoms with Crippen LogP contribution in [0.3, 0.4) is 0 Å². The minimum Gasteiger partial charge on any atom is -0.376 e. The molecular weight excluding hydrogens is 272 g/mol. The quantitative estimate of drug-likeness (QED) is 0.937. The zero-order chi connectivity index (χ0) is 13.1. The van der Waals surface area contributed by atoms with Gasteiger partial charge in [0.1, 0.15) is 10.0 Å². The van der Waals surface area contributed by atoms with Gasteiger partial charge in [-0.25, -0.2) is 9.67 Å². The molecule has 96 valence electrons. The predicted octanol–water partition coefficient (Wildman–Crippen LogP) is 2.55. The van der Waals surface area contributed by atoms with E-state index >= 15 is 0 Å². The maximum Gasteiger partial charge on any atom is 0.287 e. The van der Waals surface area contributed by atoms with Crippen molar-refractivity contribution in [2.75, 3.05) is 5.32 Å². The van der Waals surface area contributed by atoms with Crippen molar-refractivity contribution in [2.45, 2.75) is 26.4 Å². The summed E-state index contributed by atoms with van der Waals surface area (Å²) in [6, 6.07) is -0.0111. The standard InChI is InChI=1S/C11H13ClN4OS/c1-7(2)16-11(17)10(12)8(5-15-16)14-6-9-13-3-4-18-9/h3-5,7,14H,6H2,1-2H3. The fourth-order valence-electron chi connectivity index (χ4n) is 1.45. The molecule has 0 saturated carbocycles. The second-order valence-electron chi connectivity index (χ2n) is 4.00. The van der Waals surface area contributed by atoms with Gasteiger partial charge in [-0.2, -0.15) is 5.10 Å². The summed E-state index contributed by atoms with van der Waals surface area (Å²) in [5.41, 5.74) is 0.254. The monoisotopic (exact) mass is 284 g/mol. The van der Waals surface area contributed by atoms with Crippen LogP contribution < -0.4 is 10.9 Å². The number of hydrogen-bond donors (Lipinski definition) is 1. The number of nitrogens with one attached hydrogen (secondary N) is 1. The van der Waals surface area contributed by atoms with E-state index in [1.54, 1.807) is 12.4 Å². The molecule has 1 N–H and O–H groups in total. The maximum absolute atomic E-state index is 11.9. The number of rotatable bonds is 4. The van der Waals surface area contributed by atoms with Crippen molar-refractivity contribution in [1.82, 2.24) is 14.8 Å². The number of nitrogens with zero attached hydrogens (tertiary/aromatic N) is 3. The third-order valence-electron chi connectivity index (χ3n) is 2.35. The summed E-state index contributed by atoms with van der Waals surface area (Å²) in [5, 5.41) is 10.1. The summed E-state index contributed by atoms with van der Waals surface area (Å²) in [7, 11) is 0.